The van der Waals surface area contributed by atoms with Gasteiger partial charge in [0.1, 0.15) is 0 Å². The first-order valence-corrected chi connectivity index (χ1v) is 5.31. The fourth-order valence-corrected chi connectivity index (χ4v) is 1.93. The van der Waals surface area contributed by atoms with E-state index in [2.05, 4.69) is 4.98 Å². The van der Waals surface area contributed by atoms with E-state index in [1.165, 1.54) is 0 Å². The van der Waals surface area contributed by atoms with Crippen LogP contribution in [0.1, 0.15) is 17.8 Å². The van der Waals surface area contributed by atoms with Crippen LogP contribution in [0.3, 0.4) is 0 Å². The zero-order valence-corrected chi connectivity index (χ0v) is 9.53. The van der Waals surface area contributed by atoms with Gasteiger partial charge in [-0.3, -0.25) is 4.79 Å². The second kappa shape index (κ2) is 4.14. The minimum atomic E-state index is -0.809. The number of pyridine rings is 1. The Morgan fingerprint density at radius 1 is 1.62 bits per heavy atom. The van der Waals surface area contributed by atoms with Gasteiger partial charge in [-0.15, -0.1) is 0 Å². The zero-order valence-electron chi connectivity index (χ0n) is 8.77. The third-order valence-electron chi connectivity index (χ3n) is 2.48. The number of hydrogen-bond donors (Lipinski definition) is 1. The number of hydrogen-bond acceptors (Lipinski definition) is 2. The van der Waals surface area contributed by atoms with Crippen molar-refractivity contribution in [3.8, 4) is 0 Å². The third kappa shape index (κ3) is 1.88. The minimum absolute atomic E-state index is 0.0984. The predicted molar refractivity (Wildman–Crippen MR) is 60.9 cm³/mol. The molecule has 4 nitrogen and oxygen atoms in total. The van der Waals surface area contributed by atoms with E-state index in [1.807, 2.05) is 23.6 Å². The van der Waals surface area contributed by atoms with Gasteiger partial charge in [0.15, 0.2) is 5.65 Å². The standard InChI is InChI=1S/C11H11ClN2O2/c1-7-9(4-5-10(15)16)14-6-2-3-8(12)11(14)13-7/h2-3,6H,4-5H2,1H3,(H,15,16). The Hall–Kier alpha value is -1.55. The van der Waals surface area contributed by atoms with Crippen LogP contribution in [-0.4, -0.2) is 20.5 Å². The van der Waals surface area contributed by atoms with Crippen molar-refractivity contribution in [2.24, 2.45) is 0 Å². The molecule has 0 saturated carbocycles. The molecule has 2 aromatic rings. The second-order valence-corrected chi connectivity index (χ2v) is 3.99. The maximum Gasteiger partial charge on any atom is 0.303 e. The van der Waals surface area contributed by atoms with Gasteiger partial charge in [0, 0.05) is 18.3 Å². The highest BCUT2D eigenvalue weighted by Gasteiger charge is 2.11. The first-order valence-electron chi connectivity index (χ1n) is 4.93. The molecule has 0 aliphatic heterocycles. The summed E-state index contributed by atoms with van der Waals surface area (Å²) < 4.78 is 1.85. The predicted octanol–water partition coefficient (Wildman–Crippen LogP) is 2.31. The van der Waals surface area contributed by atoms with E-state index in [0.29, 0.717) is 17.1 Å². The SMILES string of the molecule is Cc1nc2c(Cl)cccn2c1CCC(=O)O. The number of halogens is 1. The molecule has 0 unspecified atom stereocenters. The minimum Gasteiger partial charge on any atom is -0.481 e. The highest BCUT2D eigenvalue weighted by Crippen LogP contribution is 2.20. The molecule has 0 saturated heterocycles. The Balaban J connectivity index is 2.48. The molecule has 2 heterocycles. The fourth-order valence-electron chi connectivity index (χ4n) is 1.72. The van der Waals surface area contributed by atoms with Crippen LogP contribution in [-0.2, 0) is 11.2 Å². The lowest BCUT2D eigenvalue weighted by atomic mass is 10.2. The molecule has 0 spiro atoms. The average Bonchev–Trinajstić information content (AvgIpc) is 2.53. The summed E-state index contributed by atoms with van der Waals surface area (Å²) in [5.74, 6) is -0.809. The largest absolute Gasteiger partial charge is 0.481 e. The van der Waals surface area contributed by atoms with Gasteiger partial charge in [-0.1, -0.05) is 11.6 Å². The summed E-state index contributed by atoms with van der Waals surface area (Å²) in [7, 11) is 0. The Kier molecular flexibility index (Phi) is 2.83. The number of rotatable bonds is 3. The highest BCUT2D eigenvalue weighted by atomic mass is 35.5. The number of aliphatic carboxylic acids is 1. The van der Waals surface area contributed by atoms with Gasteiger partial charge in [0.25, 0.3) is 0 Å². The van der Waals surface area contributed by atoms with Gasteiger partial charge in [-0.05, 0) is 19.1 Å². The first kappa shape index (κ1) is 11.0. The van der Waals surface area contributed by atoms with E-state index >= 15 is 0 Å². The van der Waals surface area contributed by atoms with Crippen LogP contribution in [0.5, 0.6) is 0 Å². The molecule has 0 aliphatic rings. The van der Waals surface area contributed by atoms with E-state index < -0.39 is 5.97 Å². The lowest BCUT2D eigenvalue weighted by molar-refractivity contribution is -0.136. The van der Waals surface area contributed by atoms with Crippen LogP contribution < -0.4 is 0 Å². The number of aromatic nitrogens is 2. The van der Waals surface area contributed by atoms with Crippen LogP contribution in [0.15, 0.2) is 18.3 Å². The van der Waals surface area contributed by atoms with Crippen LogP contribution in [0.25, 0.3) is 5.65 Å². The van der Waals surface area contributed by atoms with Gasteiger partial charge in [0.05, 0.1) is 17.1 Å². The summed E-state index contributed by atoms with van der Waals surface area (Å²) in [6.07, 6.45) is 2.40. The summed E-state index contributed by atoms with van der Waals surface area (Å²) >= 11 is 6.01. The van der Waals surface area contributed by atoms with Gasteiger partial charge < -0.3 is 9.51 Å². The summed E-state index contributed by atoms with van der Waals surface area (Å²) in [4.78, 5) is 14.9. The molecule has 84 valence electrons. The van der Waals surface area contributed by atoms with Crippen molar-refractivity contribution >= 4 is 23.2 Å². The third-order valence-corrected chi connectivity index (χ3v) is 2.77. The van der Waals surface area contributed by atoms with Crippen molar-refractivity contribution < 1.29 is 9.90 Å². The van der Waals surface area contributed by atoms with E-state index in [4.69, 9.17) is 16.7 Å². The van der Waals surface area contributed by atoms with Crippen molar-refractivity contribution in [1.82, 2.24) is 9.38 Å². The number of carbonyl (C=O) groups is 1. The summed E-state index contributed by atoms with van der Waals surface area (Å²) in [6.45, 7) is 1.86. The summed E-state index contributed by atoms with van der Waals surface area (Å²) in [5.41, 5.74) is 2.41. The number of aryl methyl sites for hydroxylation is 2. The Morgan fingerprint density at radius 2 is 2.38 bits per heavy atom. The maximum absolute atomic E-state index is 10.6. The number of nitrogens with zero attached hydrogens (tertiary/aromatic N) is 2. The number of fused-ring (bicyclic) bond motifs is 1. The normalized spacial score (nSPS) is 10.9. The summed E-state index contributed by atoms with van der Waals surface area (Å²) in [5, 5.41) is 9.25. The molecular formula is C11H11ClN2O2. The van der Waals surface area contributed by atoms with Crippen LogP contribution in [0, 0.1) is 6.92 Å². The molecule has 0 aliphatic carbocycles. The lowest BCUT2D eigenvalue weighted by Gasteiger charge is -2.01. The van der Waals surface area contributed by atoms with E-state index in [9.17, 15) is 4.79 Å². The zero-order chi connectivity index (χ0) is 11.7. The maximum atomic E-state index is 10.6. The highest BCUT2D eigenvalue weighted by molar-refractivity contribution is 6.33. The van der Waals surface area contributed by atoms with E-state index in [1.54, 1.807) is 6.07 Å². The molecular weight excluding hydrogens is 228 g/mol. The van der Waals surface area contributed by atoms with Crippen molar-refractivity contribution in [1.29, 1.82) is 0 Å². The van der Waals surface area contributed by atoms with Crippen molar-refractivity contribution in [2.45, 2.75) is 19.8 Å². The Labute approximate surface area is 97.5 Å². The smallest absolute Gasteiger partial charge is 0.303 e. The second-order valence-electron chi connectivity index (χ2n) is 3.59. The van der Waals surface area contributed by atoms with Crippen molar-refractivity contribution in [3.05, 3.63) is 34.7 Å². The topological polar surface area (TPSA) is 54.6 Å². The fraction of sp³-hybridized carbons (Fsp3) is 0.273. The van der Waals surface area contributed by atoms with Gasteiger partial charge in [-0.25, -0.2) is 4.98 Å². The van der Waals surface area contributed by atoms with E-state index in [-0.39, 0.29) is 6.42 Å². The van der Waals surface area contributed by atoms with E-state index in [0.717, 1.165) is 11.4 Å². The number of carboxylic acids is 1. The average molecular weight is 239 g/mol. The molecule has 1 N–H and O–H groups in total. The monoisotopic (exact) mass is 238 g/mol. The number of carboxylic acid groups (broad SMARTS) is 1. The van der Waals surface area contributed by atoms with Crippen molar-refractivity contribution in [2.75, 3.05) is 0 Å². The molecule has 0 atom stereocenters. The van der Waals surface area contributed by atoms with Gasteiger partial charge in [-0.2, -0.15) is 0 Å². The van der Waals surface area contributed by atoms with Crippen LogP contribution >= 0.6 is 11.6 Å². The molecule has 0 bridgehead atoms. The molecule has 0 fully saturated rings. The Morgan fingerprint density at radius 3 is 3.06 bits per heavy atom. The summed E-state index contributed by atoms with van der Waals surface area (Å²) in [6, 6.07) is 3.59. The van der Waals surface area contributed by atoms with Crippen LogP contribution in [0.2, 0.25) is 5.02 Å². The molecule has 5 heteroatoms. The quantitative estimate of drug-likeness (QED) is 0.893. The first-order chi connectivity index (χ1) is 7.59. The van der Waals surface area contributed by atoms with Crippen molar-refractivity contribution in [3.63, 3.8) is 0 Å². The molecule has 2 aromatic heterocycles. The molecule has 2 rings (SSSR count). The lowest BCUT2D eigenvalue weighted by Crippen LogP contribution is -2.01. The molecule has 16 heavy (non-hydrogen) atoms. The van der Waals surface area contributed by atoms with Gasteiger partial charge >= 0.3 is 5.97 Å². The molecule has 0 aromatic carbocycles. The van der Waals surface area contributed by atoms with Gasteiger partial charge in [0.2, 0.25) is 0 Å². The Bertz CT molecular complexity index is 548. The molecule has 0 radical (unpaired) electrons. The number of imidazole rings is 1. The molecule has 0 amide bonds. The van der Waals surface area contributed by atoms with Crippen LogP contribution in [0.4, 0.5) is 0 Å².